The summed E-state index contributed by atoms with van der Waals surface area (Å²) in [7, 11) is 1.31. The summed E-state index contributed by atoms with van der Waals surface area (Å²) in [5.74, 6) is -0.831. The Morgan fingerprint density at radius 3 is 2.21 bits per heavy atom. The number of ketones is 1. The molecular weight excluding hydrogens is 533 g/mol. The number of benzene rings is 3. The van der Waals surface area contributed by atoms with Gasteiger partial charge in [0.25, 0.3) is 0 Å². The molecule has 0 fully saturated rings. The van der Waals surface area contributed by atoms with Gasteiger partial charge in [-0.1, -0.05) is 83.9 Å². The molecule has 0 saturated heterocycles. The lowest BCUT2D eigenvalue weighted by molar-refractivity contribution is -0.145. The zero-order valence-corrected chi connectivity index (χ0v) is 22.8. The smallest absolute Gasteiger partial charge is 0.309 e. The Morgan fingerprint density at radius 1 is 0.897 bits per heavy atom. The normalized spacial score (nSPS) is 11.8. The minimum absolute atomic E-state index is 0.0646. The lowest BCUT2D eigenvalue weighted by Gasteiger charge is -2.23. The highest BCUT2D eigenvalue weighted by molar-refractivity contribution is 6.39. The molecule has 0 radical (unpaired) electrons. The fourth-order valence-electron chi connectivity index (χ4n) is 4.13. The molecule has 0 bridgehead atoms. The number of esters is 1. The summed E-state index contributed by atoms with van der Waals surface area (Å²) in [6.07, 6.45) is 7.47. The number of hydrogen-bond donors (Lipinski definition) is 0. The van der Waals surface area contributed by atoms with Crippen LogP contribution in [0.4, 0.5) is 11.6 Å². The molecule has 1 aromatic heterocycles. The van der Waals surface area contributed by atoms with Gasteiger partial charge in [-0.3, -0.25) is 9.59 Å². The van der Waals surface area contributed by atoms with Crippen molar-refractivity contribution in [3.63, 3.8) is 0 Å². The minimum atomic E-state index is -0.665. The van der Waals surface area contributed by atoms with Crippen LogP contribution in [0.5, 0.6) is 0 Å². The van der Waals surface area contributed by atoms with Gasteiger partial charge in [0.2, 0.25) is 5.95 Å². The van der Waals surface area contributed by atoms with E-state index in [-0.39, 0.29) is 27.8 Å². The minimum Gasteiger partial charge on any atom is -0.469 e. The van der Waals surface area contributed by atoms with Crippen molar-refractivity contribution >= 4 is 52.7 Å². The van der Waals surface area contributed by atoms with E-state index >= 15 is 0 Å². The maximum atomic E-state index is 12.9. The van der Waals surface area contributed by atoms with Crippen LogP contribution in [-0.2, 0) is 16.1 Å². The lowest BCUT2D eigenvalue weighted by Crippen LogP contribution is -2.20. The molecule has 6 nitrogen and oxygen atoms in total. The van der Waals surface area contributed by atoms with Crippen molar-refractivity contribution in [1.29, 1.82) is 0 Å². The molecule has 198 valence electrons. The molecule has 0 aliphatic heterocycles. The van der Waals surface area contributed by atoms with Crippen LogP contribution >= 0.6 is 23.2 Å². The number of aromatic nitrogens is 2. The Kier molecular flexibility index (Phi) is 9.84. The van der Waals surface area contributed by atoms with Crippen molar-refractivity contribution < 1.29 is 14.3 Å². The van der Waals surface area contributed by atoms with E-state index in [1.54, 1.807) is 36.7 Å². The van der Waals surface area contributed by atoms with E-state index in [1.807, 2.05) is 59.5 Å². The third-order valence-corrected chi connectivity index (χ3v) is 6.75. The van der Waals surface area contributed by atoms with Crippen LogP contribution in [0.25, 0.3) is 6.08 Å². The molecular formula is C31H27Cl2N3O3. The maximum Gasteiger partial charge on any atom is 0.309 e. The first kappa shape index (κ1) is 28.0. The Labute approximate surface area is 237 Å². The third kappa shape index (κ3) is 7.53. The van der Waals surface area contributed by atoms with E-state index in [1.165, 1.54) is 7.11 Å². The van der Waals surface area contributed by atoms with Crippen molar-refractivity contribution in [2.24, 2.45) is 5.92 Å². The topological polar surface area (TPSA) is 72.4 Å². The van der Waals surface area contributed by atoms with E-state index in [0.29, 0.717) is 18.9 Å². The first-order valence-corrected chi connectivity index (χ1v) is 13.1. The molecule has 0 N–H and O–H groups in total. The molecule has 0 aliphatic rings. The molecule has 0 amide bonds. The predicted octanol–water partition coefficient (Wildman–Crippen LogP) is 7.59. The largest absolute Gasteiger partial charge is 0.469 e. The van der Waals surface area contributed by atoms with Crippen molar-refractivity contribution in [2.75, 3.05) is 12.0 Å². The summed E-state index contributed by atoms with van der Waals surface area (Å²) in [4.78, 5) is 36.2. The van der Waals surface area contributed by atoms with E-state index in [0.717, 1.165) is 16.8 Å². The predicted molar refractivity (Wildman–Crippen MR) is 155 cm³/mol. The van der Waals surface area contributed by atoms with Gasteiger partial charge in [-0.05, 0) is 47.9 Å². The number of Topliss-reactive ketones (excluding diaryl/α,β-unsaturated/α-hetero) is 1. The highest BCUT2D eigenvalue weighted by Gasteiger charge is 2.24. The molecule has 8 heteroatoms. The van der Waals surface area contributed by atoms with Gasteiger partial charge in [-0.2, -0.15) is 0 Å². The second-order valence-corrected chi connectivity index (χ2v) is 9.61. The van der Waals surface area contributed by atoms with Crippen molar-refractivity contribution in [3.8, 4) is 0 Å². The molecule has 1 heterocycles. The standard InChI is InChI=1S/C31H27Cl2N3O3/c1-39-30(38)24(20-28(37)29-26(32)12-6-13-27(29)33)11-5-10-22-14-16-25(17-15-22)36(31-34-18-7-19-35-31)21-23-8-3-2-4-9-23/h2-10,12-19,24H,11,20-21H2,1H3/b10-5+. The van der Waals surface area contributed by atoms with Gasteiger partial charge >= 0.3 is 5.97 Å². The third-order valence-electron chi connectivity index (χ3n) is 6.12. The van der Waals surface area contributed by atoms with Crippen LogP contribution in [-0.4, -0.2) is 28.8 Å². The van der Waals surface area contributed by atoms with E-state index in [9.17, 15) is 9.59 Å². The first-order valence-electron chi connectivity index (χ1n) is 12.4. The van der Waals surface area contributed by atoms with Crippen LogP contribution in [0.15, 0.2) is 97.3 Å². The summed E-state index contributed by atoms with van der Waals surface area (Å²) >= 11 is 12.4. The van der Waals surface area contributed by atoms with Crippen LogP contribution < -0.4 is 4.90 Å². The van der Waals surface area contributed by atoms with Gasteiger partial charge in [0.05, 0.1) is 35.2 Å². The Morgan fingerprint density at radius 2 is 1.56 bits per heavy atom. The number of nitrogens with zero attached hydrogens (tertiary/aromatic N) is 3. The van der Waals surface area contributed by atoms with Crippen LogP contribution in [0.3, 0.4) is 0 Å². The quantitative estimate of drug-likeness (QED) is 0.139. The number of halogens is 2. The molecule has 0 aliphatic carbocycles. The monoisotopic (exact) mass is 559 g/mol. The number of anilines is 2. The van der Waals surface area contributed by atoms with E-state index < -0.39 is 11.9 Å². The summed E-state index contributed by atoms with van der Waals surface area (Å²) in [5, 5.41) is 0.517. The number of allylic oxidation sites excluding steroid dienone is 1. The molecule has 1 unspecified atom stereocenters. The average molecular weight is 560 g/mol. The zero-order valence-electron chi connectivity index (χ0n) is 21.3. The van der Waals surface area contributed by atoms with Crippen molar-refractivity contribution in [3.05, 3.63) is 124 Å². The van der Waals surface area contributed by atoms with Gasteiger partial charge in [-0.15, -0.1) is 0 Å². The molecule has 1 atom stereocenters. The summed E-state index contributed by atoms with van der Waals surface area (Å²) < 4.78 is 4.94. The van der Waals surface area contributed by atoms with E-state index in [2.05, 4.69) is 22.1 Å². The van der Waals surface area contributed by atoms with Gasteiger partial charge in [0.15, 0.2) is 5.78 Å². The molecule has 0 spiro atoms. The second-order valence-electron chi connectivity index (χ2n) is 8.79. The SMILES string of the molecule is COC(=O)C(C/C=C/c1ccc(N(Cc2ccccc2)c2ncccn2)cc1)CC(=O)c1c(Cl)cccc1Cl. The first-order chi connectivity index (χ1) is 19.0. The highest BCUT2D eigenvalue weighted by Crippen LogP contribution is 2.28. The van der Waals surface area contributed by atoms with Crippen molar-refractivity contribution in [1.82, 2.24) is 9.97 Å². The van der Waals surface area contributed by atoms with Crippen LogP contribution in [0.2, 0.25) is 10.0 Å². The van der Waals surface area contributed by atoms with Crippen LogP contribution in [0, 0.1) is 5.92 Å². The second kappa shape index (κ2) is 13.7. The average Bonchev–Trinajstić information content (AvgIpc) is 2.96. The lowest BCUT2D eigenvalue weighted by atomic mass is 9.95. The molecule has 3 aromatic carbocycles. The van der Waals surface area contributed by atoms with E-state index in [4.69, 9.17) is 27.9 Å². The Hall–Kier alpha value is -4.00. The molecule has 39 heavy (non-hydrogen) atoms. The fraction of sp³-hybridized carbons (Fsp3) is 0.161. The van der Waals surface area contributed by atoms with Crippen LogP contribution in [0.1, 0.15) is 34.3 Å². The van der Waals surface area contributed by atoms with Gasteiger partial charge in [0, 0.05) is 24.5 Å². The number of hydrogen-bond acceptors (Lipinski definition) is 6. The van der Waals surface area contributed by atoms with Gasteiger partial charge in [0.1, 0.15) is 0 Å². The molecule has 4 aromatic rings. The summed E-state index contributed by atoms with van der Waals surface area (Å²) in [6, 6.07) is 24.7. The zero-order chi connectivity index (χ0) is 27.6. The molecule has 4 rings (SSSR count). The van der Waals surface area contributed by atoms with Crippen molar-refractivity contribution in [2.45, 2.75) is 19.4 Å². The Balaban J connectivity index is 1.47. The number of rotatable bonds is 11. The highest BCUT2D eigenvalue weighted by atomic mass is 35.5. The molecule has 0 saturated carbocycles. The number of carbonyl (C=O) groups is 2. The Bertz CT molecular complexity index is 1410. The fourth-order valence-corrected chi connectivity index (χ4v) is 4.74. The number of carbonyl (C=O) groups excluding carboxylic acids is 2. The number of ether oxygens (including phenoxy) is 1. The summed E-state index contributed by atoms with van der Waals surface area (Å²) in [5.41, 5.74) is 3.24. The van der Waals surface area contributed by atoms with Gasteiger partial charge in [-0.25, -0.2) is 9.97 Å². The van der Waals surface area contributed by atoms with Gasteiger partial charge < -0.3 is 9.64 Å². The summed E-state index contributed by atoms with van der Waals surface area (Å²) in [6.45, 7) is 0.615. The maximum absolute atomic E-state index is 12.9. The number of methoxy groups -OCH3 is 1.